The van der Waals surface area contributed by atoms with Crippen molar-refractivity contribution in [3.63, 3.8) is 0 Å². The fourth-order valence-electron chi connectivity index (χ4n) is 1.47. The van der Waals surface area contributed by atoms with Crippen LogP contribution in [-0.4, -0.2) is 19.3 Å². The Morgan fingerprint density at radius 3 is 3.36 bits per heavy atom. The maximum atomic E-state index is 5.54. The number of nitrogens with two attached hydrogens (primary N) is 1. The van der Waals surface area contributed by atoms with E-state index in [1.807, 2.05) is 6.08 Å². The van der Waals surface area contributed by atoms with E-state index >= 15 is 0 Å². The highest BCUT2D eigenvalue weighted by molar-refractivity contribution is 5.51. The van der Waals surface area contributed by atoms with Gasteiger partial charge in [-0.3, -0.25) is 0 Å². The molecule has 0 fully saturated rings. The van der Waals surface area contributed by atoms with Crippen LogP contribution >= 0.6 is 0 Å². The van der Waals surface area contributed by atoms with E-state index in [1.165, 1.54) is 11.1 Å². The van der Waals surface area contributed by atoms with Crippen molar-refractivity contribution in [2.24, 2.45) is 5.73 Å². The summed E-state index contributed by atoms with van der Waals surface area (Å²) >= 11 is 0. The first-order chi connectivity index (χ1) is 5.42. The van der Waals surface area contributed by atoms with Gasteiger partial charge in [0.05, 0.1) is 12.7 Å². The van der Waals surface area contributed by atoms with E-state index < -0.39 is 0 Å². The fraction of sp³-hybridized carbons (Fsp3) is 0.333. The molecule has 1 unspecified atom stereocenters. The van der Waals surface area contributed by atoms with Crippen LogP contribution in [0.15, 0.2) is 35.5 Å². The molecule has 0 aromatic carbocycles. The maximum Gasteiger partial charge on any atom is 0.0957 e. The summed E-state index contributed by atoms with van der Waals surface area (Å²) in [6.07, 6.45) is 8.41. The number of hydrogen-bond acceptors (Lipinski definition) is 2. The third-order valence-corrected chi connectivity index (χ3v) is 2.05. The summed E-state index contributed by atoms with van der Waals surface area (Å²) in [5.41, 5.74) is 8.06. The fourth-order valence-corrected chi connectivity index (χ4v) is 1.47. The van der Waals surface area contributed by atoms with Gasteiger partial charge in [-0.15, -0.1) is 0 Å². The Bertz CT molecular complexity index is 250. The van der Waals surface area contributed by atoms with E-state index in [0.29, 0.717) is 13.2 Å². The lowest BCUT2D eigenvalue weighted by Gasteiger charge is -2.22. The van der Waals surface area contributed by atoms with Crippen molar-refractivity contribution in [1.82, 2.24) is 0 Å². The molecule has 1 aliphatic carbocycles. The molecule has 0 radical (unpaired) electrons. The molecule has 58 valence electrons. The minimum absolute atomic E-state index is 0.116. The summed E-state index contributed by atoms with van der Waals surface area (Å²) in [6, 6.07) is 0. The first kappa shape index (κ1) is 6.83. The monoisotopic (exact) mass is 149 g/mol. The molecular formula is C9H11NO. The molecule has 1 atom stereocenters. The van der Waals surface area contributed by atoms with Gasteiger partial charge in [0.15, 0.2) is 0 Å². The summed E-state index contributed by atoms with van der Waals surface area (Å²) in [7, 11) is 0. The minimum Gasteiger partial charge on any atom is -0.368 e. The van der Waals surface area contributed by atoms with Gasteiger partial charge < -0.3 is 10.5 Å². The predicted octanol–water partition coefficient (Wildman–Crippen LogP) is 0.766. The molecule has 0 spiro atoms. The molecule has 1 aliphatic heterocycles. The van der Waals surface area contributed by atoms with Crippen molar-refractivity contribution in [3.05, 3.63) is 35.5 Å². The Hall–Kier alpha value is -0.860. The van der Waals surface area contributed by atoms with Crippen LogP contribution in [0.4, 0.5) is 0 Å². The van der Waals surface area contributed by atoms with E-state index in [4.69, 9.17) is 10.5 Å². The number of allylic oxidation sites excluding steroid dienone is 3. The van der Waals surface area contributed by atoms with Crippen LogP contribution in [0.1, 0.15) is 0 Å². The number of fused-ring (bicyclic) bond motifs is 1. The van der Waals surface area contributed by atoms with Crippen LogP contribution in [0.25, 0.3) is 0 Å². The summed E-state index contributed by atoms with van der Waals surface area (Å²) < 4.78 is 5.43. The molecule has 0 saturated carbocycles. The van der Waals surface area contributed by atoms with Crippen LogP contribution in [0, 0.1) is 0 Å². The Morgan fingerprint density at radius 1 is 1.64 bits per heavy atom. The van der Waals surface area contributed by atoms with Gasteiger partial charge in [0.1, 0.15) is 0 Å². The lowest BCUT2D eigenvalue weighted by Crippen LogP contribution is -2.28. The molecule has 0 aromatic rings. The van der Waals surface area contributed by atoms with Crippen molar-refractivity contribution >= 4 is 0 Å². The SMILES string of the molecule is NCC1OCC=C2C=CC=C21. The van der Waals surface area contributed by atoms with Gasteiger partial charge in [-0.1, -0.05) is 24.3 Å². The molecule has 2 aliphatic rings. The lowest BCUT2D eigenvalue weighted by molar-refractivity contribution is 0.102. The van der Waals surface area contributed by atoms with Gasteiger partial charge in [0.25, 0.3) is 0 Å². The van der Waals surface area contributed by atoms with E-state index in [0.717, 1.165) is 0 Å². The van der Waals surface area contributed by atoms with Crippen molar-refractivity contribution in [2.45, 2.75) is 6.10 Å². The normalized spacial score (nSPS) is 27.9. The first-order valence-corrected chi connectivity index (χ1v) is 3.82. The van der Waals surface area contributed by atoms with Gasteiger partial charge in [-0.25, -0.2) is 0 Å². The van der Waals surface area contributed by atoms with Gasteiger partial charge in [-0.2, -0.15) is 0 Å². The Labute approximate surface area is 66.0 Å². The van der Waals surface area contributed by atoms with E-state index in [2.05, 4.69) is 18.2 Å². The number of ether oxygens (including phenoxy) is 1. The quantitative estimate of drug-likeness (QED) is 0.597. The zero-order valence-electron chi connectivity index (χ0n) is 6.29. The van der Waals surface area contributed by atoms with Crippen LogP contribution in [0.3, 0.4) is 0 Å². The topological polar surface area (TPSA) is 35.2 Å². The zero-order valence-corrected chi connectivity index (χ0v) is 6.29. The highest BCUT2D eigenvalue weighted by Crippen LogP contribution is 2.26. The van der Waals surface area contributed by atoms with Crippen molar-refractivity contribution in [2.75, 3.05) is 13.2 Å². The predicted molar refractivity (Wildman–Crippen MR) is 44.1 cm³/mol. The van der Waals surface area contributed by atoms with Crippen LogP contribution in [0.5, 0.6) is 0 Å². The largest absolute Gasteiger partial charge is 0.368 e. The van der Waals surface area contributed by atoms with Gasteiger partial charge in [0.2, 0.25) is 0 Å². The summed E-state index contributed by atoms with van der Waals surface area (Å²) in [5, 5.41) is 0. The Morgan fingerprint density at radius 2 is 2.55 bits per heavy atom. The molecule has 2 N–H and O–H groups in total. The second-order valence-electron chi connectivity index (χ2n) is 2.70. The van der Waals surface area contributed by atoms with Crippen LogP contribution in [-0.2, 0) is 4.74 Å². The third kappa shape index (κ3) is 1.04. The molecule has 0 saturated heterocycles. The van der Waals surface area contributed by atoms with Crippen molar-refractivity contribution in [1.29, 1.82) is 0 Å². The Kier molecular flexibility index (Phi) is 1.64. The third-order valence-electron chi connectivity index (χ3n) is 2.05. The first-order valence-electron chi connectivity index (χ1n) is 3.82. The van der Waals surface area contributed by atoms with Gasteiger partial charge in [0, 0.05) is 6.54 Å². The van der Waals surface area contributed by atoms with Gasteiger partial charge >= 0.3 is 0 Å². The van der Waals surface area contributed by atoms with Crippen LogP contribution < -0.4 is 5.73 Å². The van der Waals surface area contributed by atoms with E-state index in [1.54, 1.807) is 0 Å². The molecule has 2 nitrogen and oxygen atoms in total. The van der Waals surface area contributed by atoms with E-state index in [-0.39, 0.29) is 6.10 Å². The number of rotatable bonds is 1. The molecule has 11 heavy (non-hydrogen) atoms. The summed E-state index contributed by atoms with van der Waals surface area (Å²) in [5.74, 6) is 0. The molecule has 0 bridgehead atoms. The maximum absolute atomic E-state index is 5.54. The van der Waals surface area contributed by atoms with E-state index in [9.17, 15) is 0 Å². The molecule has 2 rings (SSSR count). The lowest BCUT2D eigenvalue weighted by atomic mass is 10.0. The molecule has 1 heterocycles. The highest BCUT2D eigenvalue weighted by atomic mass is 16.5. The number of hydrogen-bond donors (Lipinski definition) is 1. The summed E-state index contributed by atoms with van der Waals surface area (Å²) in [6.45, 7) is 1.27. The molecular weight excluding hydrogens is 138 g/mol. The smallest absolute Gasteiger partial charge is 0.0957 e. The van der Waals surface area contributed by atoms with Crippen molar-refractivity contribution < 1.29 is 4.74 Å². The molecule has 0 aromatic heterocycles. The minimum atomic E-state index is 0.116. The van der Waals surface area contributed by atoms with Crippen molar-refractivity contribution in [3.8, 4) is 0 Å². The molecule has 0 amide bonds. The second kappa shape index (κ2) is 2.64. The summed E-state index contributed by atoms with van der Waals surface area (Å²) in [4.78, 5) is 0. The Balaban J connectivity index is 2.28. The average molecular weight is 149 g/mol. The standard InChI is InChI=1S/C9H11NO/c10-6-9-8-3-1-2-7(8)4-5-11-9/h1-4,9H,5-6,10H2. The second-order valence-corrected chi connectivity index (χ2v) is 2.70. The molecule has 2 heteroatoms. The highest BCUT2D eigenvalue weighted by Gasteiger charge is 2.20. The van der Waals surface area contributed by atoms with Crippen LogP contribution in [0.2, 0.25) is 0 Å². The van der Waals surface area contributed by atoms with Gasteiger partial charge in [-0.05, 0) is 11.1 Å². The zero-order chi connectivity index (χ0) is 7.68. The average Bonchev–Trinajstić information content (AvgIpc) is 2.50.